The Morgan fingerprint density at radius 2 is 1.26 bits per heavy atom. The standard InChI is InChI=1S/C18H18O5/c1-20-15-11-9-8-10-6-5-7-12(19)13(10)14(11)16(21-2)18(23-4)17(15)22-3/h5-9,19H,1-4H3. The molecule has 0 bridgehead atoms. The lowest BCUT2D eigenvalue weighted by atomic mass is 9.98. The molecular weight excluding hydrogens is 296 g/mol. The predicted molar refractivity (Wildman–Crippen MR) is 89.3 cm³/mol. The lowest BCUT2D eigenvalue weighted by Crippen LogP contribution is -2.00. The van der Waals surface area contributed by atoms with E-state index in [1.54, 1.807) is 33.5 Å². The van der Waals surface area contributed by atoms with Crippen molar-refractivity contribution in [1.29, 1.82) is 0 Å². The molecule has 0 saturated carbocycles. The van der Waals surface area contributed by atoms with E-state index in [0.717, 1.165) is 16.2 Å². The van der Waals surface area contributed by atoms with E-state index in [2.05, 4.69) is 0 Å². The Hall–Kier alpha value is -2.82. The van der Waals surface area contributed by atoms with Crippen LogP contribution in [0.15, 0.2) is 30.3 Å². The Labute approximate surface area is 134 Å². The summed E-state index contributed by atoms with van der Waals surface area (Å²) in [5.41, 5.74) is 0. The van der Waals surface area contributed by atoms with E-state index in [1.807, 2.05) is 18.2 Å². The second kappa shape index (κ2) is 5.76. The van der Waals surface area contributed by atoms with Crippen LogP contribution in [0.3, 0.4) is 0 Å². The number of hydrogen-bond donors (Lipinski definition) is 1. The zero-order chi connectivity index (χ0) is 16.6. The first-order valence-corrected chi connectivity index (χ1v) is 7.08. The Morgan fingerprint density at radius 3 is 1.87 bits per heavy atom. The van der Waals surface area contributed by atoms with Gasteiger partial charge in [0.1, 0.15) is 5.75 Å². The summed E-state index contributed by atoms with van der Waals surface area (Å²) in [5, 5.41) is 13.4. The fraction of sp³-hybridized carbons (Fsp3) is 0.222. The van der Waals surface area contributed by atoms with Crippen LogP contribution in [0.25, 0.3) is 21.5 Å². The van der Waals surface area contributed by atoms with Gasteiger partial charge in [0.05, 0.1) is 28.4 Å². The van der Waals surface area contributed by atoms with Crippen LogP contribution in [0, 0.1) is 0 Å². The zero-order valence-electron chi connectivity index (χ0n) is 13.5. The Bertz CT molecular complexity index is 886. The second-order valence-corrected chi connectivity index (χ2v) is 5.00. The summed E-state index contributed by atoms with van der Waals surface area (Å²) in [6.07, 6.45) is 0. The molecule has 0 aromatic heterocycles. The minimum absolute atomic E-state index is 0.167. The highest BCUT2D eigenvalue weighted by Crippen LogP contribution is 2.53. The van der Waals surface area contributed by atoms with Gasteiger partial charge in [-0.15, -0.1) is 0 Å². The maximum atomic E-state index is 10.4. The van der Waals surface area contributed by atoms with Gasteiger partial charge in [-0.1, -0.05) is 18.2 Å². The van der Waals surface area contributed by atoms with Crippen molar-refractivity contribution in [3.8, 4) is 28.7 Å². The molecule has 0 aliphatic heterocycles. The molecule has 0 spiro atoms. The van der Waals surface area contributed by atoms with Crippen molar-refractivity contribution in [2.45, 2.75) is 0 Å². The maximum absolute atomic E-state index is 10.4. The first-order chi connectivity index (χ1) is 11.2. The average molecular weight is 314 g/mol. The van der Waals surface area contributed by atoms with Gasteiger partial charge in [0.15, 0.2) is 11.5 Å². The minimum Gasteiger partial charge on any atom is -0.507 e. The molecule has 3 aromatic carbocycles. The van der Waals surface area contributed by atoms with Crippen LogP contribution >= 0.6 is 0 Å². The van der Waals surface area contributed by atoms with Gasteiger partial charge in [-0.3, -0.25) is 0 Å². The molecule has 0 radical (unpaired) electrons. The molecule has 23 heavy (non-hydrogen) atoms. The van der Waals surface area contributed by atoms with E-state index in [0.29, 0.717) is 28.4 Å². The Kier molecular flexibility index (Phi) is 3.78. The highest BCUT2D eigenvalue weighted by molar-refractivity contribution is 6.16. The third-order valence-electron chi connectivity index (χ3n) is 3.93. The SMILES string of the molecule is COc1c(OC)c(OC)c2c(ccc3cccc(O)c32)c1OC. The summed E-state index contributed by atoms with van der Waals surface area (Å²) < 4.78 is 22.1. The van der Waals surface area contributed by atoms with Crippen LogP contribution in [0.2, 0.25) is 0 Å². The monoisotopic (exact) mass is 314 g/mol. The number of fused-ring (bicyclic) bond motifs is 3. The van der Waals surface area contributed by atoms with Crippen LogP contribution in [0.5, 0.6) is 28.7 Å². The number of phenolic OH excluding ortho intramolecular Hbond substituents is 1. The van der Waals surface area contributed by atoms with E-state index in [-0.39, 0.29) is 5.75 Å². The largest absolute Gasteiger partial charge is 0.507 e. The van der Waals surface area contributed by atoms with Crippen molar-refractivity contribution in [3.63, 3.8) is 0 Å². The van der Waals surface area contributed by atoms with Crippen LogP contribution in [0.4, 0.5) is 0 Å². The highest BCUT2D eigenvalue weighted by atomic mass is 16.5. The van der Waals surface area contributed by atoms with Crippen LogP contribution in [-0.4, -0.2) is 33.5 Å². The normalized spacial score (nSPS) is 10.8. The number of methoxy groups -OCH3 is 4. The van der Waals surface area contributed by atoms with Gasteiger partial charge in [-0.2, -0.15) is 0 Å². The third-order valence-corrected chi connectivity index (χ3v) is 3.93. The van der Waals surface area contributed by atoms with Gasteiger partial charge in [-0.05, 0) is 17.5 Å². The van der Waals surface area contributed by atoms with Crippen LogP contribution in [-0.2, 0) is 0 Å². The van der Waals surface area contributed by atoms with Crippen molar-refractivity contribution < 1.29 is 24.1 Å². The molecule has 120 valence electrons. The third kappa shape index (κ3) is 2.08. The maximum Gasteiger partial charge on any atom is 0.207 e. The van der Waals surface area contributed by atoms with Gasteiger partial charge >= 0.3 is 0 Å². The first kappa shape index (κ1) is 15.1. The quantitative estimate of drug-likeness (QED) is 0.744. The van der Waals surface area contributed by atoms with E-state index in [9.17, 15) is 5.11 Å². The van der Waals surface area contributed by atoms with Gasteiger partial charge in [0.25, 0.3) is 0 Å². The van der Waals surface area contributed by atoms with Crippen molar-refractivity contribution in [2.24, 2.45) is 0 Å². The lowest BCUT2D eigenvalue weighted by molar-refractivity contribution is 0.310. The highest BCUT2D eigenvalue weighted by Gasteiger charge is 2.25. The lowest BCUT2D eigenvalue weighted by Gasteiger charge is -2.19. The molecule has 0 unspecified atom stereocenters. The molecule has 0 amide bonds. The van der Waals surface area contributed by atoms with Crippen LogP contribution < -0.4 is 18.9 Å². The molecule has 0 atom stereocenters. The predicted octanol–water partition coefficient (Wildman–Crippen LogP) is 3.73. The minimum atomic E-state index is 0.167. The molecule has 5 nitrogen and oxygen atoms in total. The van der Waals surface area contributed by atoms with Crippen molar-refractivity contribution in [3.05, 3.63) is 30.3 Å². The molecule has 3 rings (SSSR count). The second-order valence-electron chi connectivity index (χ2n) is 5.00. The van der Waals surface area contributed by atoms with Gasteiger partial charge < -0.3 is 24.1 Å². The molecule has 0 saturated heterocycles. The number of hydrogen-bond acceptors (Lipinski definition) is 5. The first-order valence-electron chi connectivity index (χ1n) is 7.08. The molecule has 1 N–H and O–H groups in total. The smallest absolute Gasteiger partial charge is 0.207 e. The molecule has 0 heterocycles. The van der Waals surface area contributed by atoms with Crippen molar-refractivity contribution >= 4 is 21.5 Å². The summed E-state index contributed by atoms with van der Waals surface area (Å²) >= 11 is 0. The summed E-state index contributed by atoms with van der Waals surface area (Å²) in [4.78, 5) is 0. The number of benzene rings is 3. The number of aromatic hydroxyl groups is 1. The van der Waals surface area contributed by atoms with E-state index in [1.165, 1.54) is 7.11 Å². The Morgan fingerprint density at radius 1 is 0.652 bits per heavy atom. The molecule has 0 aliphatic carbocycles. The fourth-order valence-electron chi connectivity index (χ4n) is 3.00. The summed E-state index contributed by atoms with van der Waals surface area (Å²) in [6, 6.07) is 9.21. The Balaban J connectivity index is 2.65. The molecule has 0 fully saturated rings. The summed E-state index contributed by atoms with van der Waals surface area (Å²) in [5.74, 6) is 2.07. The zero-order valence-corrected chi connectivity index (χ0v) is 13.5. The summed E-state index contributed by atoms with van der Waals surface area (Å²) in [6.45, 7) is 0. The number of rotatable bonds is 4. The van der Waals surface area contributed by atoms with Crippen LogP contribution in [0.1, 0.15) is 0 Å². The van der Waals surface area contributed by atoms with Gasteiger partial charge in [0.2, 0.25) is 11.5 Å². The van der Waals surface area contributed by atoms with Crippen molar-refractivity contribution in [1.82, 2.24) is 0 Å². The van der Waals surface area contributed by atoms with E-state index >= 15 is 0 Å². The van der Waals surface area contributed by atoms with Gasteiger partial charge in [0, 0.05) is 16.2 Å². The molecule has 5 heteroatoms. The molecular formula is C18H18O5. The van der Waals surface area contributed by atoms with E-state index in [4.69, 9.17) is 18.9 Å². The van der Waals surface area contributed by atoms with Crippen molar-refractivity contribution in [2.75, 3.05) is 28.4 Å². The molecule has 0 aliphatic rings. The number of phenols is 1. The average Bonchev–Trinajstić information content (AvgIpc) is 2.58. The fourth-order valence-corrected chi connectivity index (χ4v) is 3.00. The summed E-state index contributed by atoms with van der Waals surface area (Å²) in [7, 11) is 6.21. The van der Waals surface area contributed by atoms with E-state index < -0.39 is 0 Å². The number of ether oxygens (including phenoxy) is 4. The molecule has 3 aromatic rings. The topological polar surface area (TPSA) is 57.2 Å². The van der Waals surface area contributed by atoms with Gasteiger partial charge in [-0.25, -0.2) is 0 Å².